The first-order valence-electron chi connectivity index (χ1n) is 9.22. The molecule has 0 saturated carbocycles. The zero-order valence-electron chi connectivity index (χ0n) is 15.5. The number of fused-ring (bicyclic) bond motifs is 1. The van der Waals surface area contributed by atoms with E-state index in [4.69, 9.17) is 0 Å². The predicted octanol–water partition coefficient (Wildman–Crippen LogP) is 3.55. The van der Waals surface area contributed by atoms with Gasteiger partial charge >= 0.3 is 0 Å². The van der Waals surface area contributed by atoms with Crippen LogP contribution < -0.4 is 5.32 Å². The maximum Gasteiger partial charge on any atom is 0.242 e. The predicted molar refractivity (Wildman–Crippen MR) is 108 cm³/mol. The summed E-state index contributed by atoms with van der Waals surface area (Å²) in [6, 6.07) is 23.8. The lowest BCUT2D eigenvalue weighted by molar-refractivity contribution is -0.133. The van der Waals surface area contributed by atoms with Crippen molar-refractivity contribution in [1.82, 2.24) is 10.2 Å². The molecule has 0 aromatic heterocycles. The number of hydrogen-bond acceptors (Lipinski definition) is 2. The van der Waals surface area contributed by atoms with Gasteiger partial charge in [0.2, 0.25) is 11.8 Å². The van der Waals surface area contributed by atoms with E-state index in [9.17, 15) is 9.59 Å². The van der Waals surface area contributed by atoms with Crippen molar-refractivity contribution in [2.24, 2.45) is 0 Å². The van der Waals surface area contributed by atoms with E-state index in [1.807, 2.05) is 79.7 Å². The summed E-state index contributed by atoms with van der Waals surface area (Å²) >= 11 is 0. The van der Waals surface area contributed by atoms with E-state index in [-0.39, 0.29) is 24.8 Å². The van der Waals surface area contributed by atoms with E-state index in [0.717, 1.165) is 21.9 Å². The van der Waals surface area contributed by atoms with Crippen LogP contribution in [0.2, 0.25) is 0 Å². The fourth-order valence-electron chi connectivity index (χ4n) is 3.15. The SMILES string of the molecule is CCN(Cc1ccccc1)C(=O)CNC(=O)Cc1cccc2ccccc12. The Bertz CT molecular complexity index is 917. The van der Waals surface area contributed by atoms with Crippen molar-refractivity contribution in [3.8, 4) is 0 Å². The first kappa shape index (κ1) is 18.6. The Morgan fingerprint density at radius 3 is 2.37 bits per heavy atom. The number of likely N-dealkylation sites (N-methyl/N-ethyl adjacent to an activating group) is 1. The van der Waals surface area contributed by atoms with Crippen LogP contribution in [0, 0.1) is 0 Å². The number of rotatable bonds is 7. The minimum atomic E-state index is -0.143. The molecule has 0 aliphatic rings. The molecule has 0 aliphatic carbocycles. The molecule has 0 fully saturated rings. The van der Waals surface area contributed by atoms with Crippen molar-refractivity contribution >= 4 is 22.6 Å². The normalized spacial score (nSPS) is 10.6. The van der Waals surface area contributed by atoms with Crippen molar-refractivity contribution in [3.05, 3.63) is 83.9 Å². The number of amides is 2. The van der Waals surface area contributed by atoms with Gasteiger partial charge in [-0.2, -0.15) is 0 Å². The Morgan fingerprint density at radius 2 is 1.59 bits per heavy atom. The maximum atomic E-state index is 12.5. The second kappa shape index (κ2) is 8.99. The topological polar surface area (TPSA) is 49.4 Å². The highest BCUT2D eigenvalue weighted by Gasteiger charge is 2.14. The highest BCUT2D eigenvalue weighted by Crippen LogP contribution is 2.18. The standard InChI is InChI=1S/C23H24N2O2/c1-2-25(17-18-9-4-3-5-10-18)23(27)16-24-22(26)15-20-13-8-12-19-11-6-7-14-21(19)20/h3-14H,2,15-17H2,1H3,(H,24,26). The van der Waals surface area contributed by atoms with Gasteiger partial charge in [0, 0.05) is 13.1 Å². The van der Waals surface area contributed by atoms with Crippen LogP contribution >= 0.6 is 0 Å². The van der Waals surface area contributed by atoms with Crippen LogP contribution in [0.15, 0.2) is 72.8 Å². The van der Waals surface area contributed by atoms with Crippen LogP contribution in [0.5, 0.6) is 0 Å². The van der Waals surface area contributed by atoms with Crippen LogP contribution in [-0.4, -0.2) is 29.8 Å². The molecule has 0 saturated heterocycles. The van der Waals surface area contributed by atoms with E-state index in [1.54, 1.807) is 4.90 Å². The van der Waals surface area contributed by atoms with E-state index in [1.165, 1.54) is 0 Å². The largest absolute Gasteiger partial charge is 0.347 e. The molecule has 4 nitrogen and oxygen atoms in total. The van der Waals surface area contributed by atoms with E-state index >= 15 is 0 Å². The zero-order chi connectivity index (χ0) is 19.1. The number of nitrogens with one attached hydrogen (secondary N) is 1. The van der Waals surface area contributed by atoms with Gasteiger partial charge in [0.25, 0.3) is 0 Å². The van der Waals surface area contributed by atoms with Gasteiger partial charge in [-0.25, -0.2) is 0 Å². The quantitative estimate of drug-likeness (QED) is 0.700. The average molecular weight is 360 g/mol. The van der Waals surface area contributed by atoms with Crippen LogP contribution in [0.4, 0.5) is 0 Å². The molecule has 0 bridgehead atoms. The van der Waals surface area contributed by atoms with E-state index in [2.05, 4.69) is 5.32 Å². The number of carbonyl (C=O) groups is 2. The molecule has 2 amide bonds. The summed E-state index contributed by atoms with van der Waals surface area (Å²) in [5, 5.41) is 4.95. The Labute approximate surface area is 159 Å². The molecule has 27 heavy (non-hydrogen) atoms. The van der Waals surface area contributed by atoms with E-state index in [0.29, 0.717) is 13.1 Å². The summed E-state index contributed by atoms with van der Waals surface area (Å²) in [5.41, 5.74) is 2.05. The minimum absolute atomic E-state index is 0.0181. The van der Waals surface area contributed by atoms with Gasteiger partial charge in [0.15, 0.2) is 0 Å². The van der Waals surface area contributed by atoms with Gasteiger partial charge in [-0.05, 0) is 28.8 Å². The van der Waals surface area contributed by atoms with Crippen LogP contribution in [-0.2, 0) is 22.6 Å². The number of nitrogens with zero attached hydrogens (tertiary/aromatic N) is 1. The molecule has 3 rings (SSSR count). The van der Waals surface area contributed by atoms with Crippen molar-refractivity contribution in [3.63, 3.8) is 0 Å². The number of hydrogen-bond donors (Lipinski definition) is 1. The van der Waals surface area contributed by atoms with Crippen LogP contribution in [0.1, 0.15) is 18.1 Å². The lowest BCUT2D eigenvalue weighted by atomic mass is 10.0. The van der Waals surface area contributed by atoms with Crippen molar-refractivity contribution in [2.45, 2.75) is 19.9 Å². The molecule has 0 unspecified atom stereocenters. The lowest BCUT2D eigenvalue weighted by Gasteiger charge is -2.21. The third-order valence-corrected chi connectivity index (χ3v) is 4.62. The third kappa shape index (κ3) is 4.94. The maximum absolute atomic E-state index is 12.5. The Kier molecular flexibility index (Phi) is 6.21. The minimum Gasteiger partial charge on any atom is -0.347 e. The molecule has 3 aromatic carbocycles. The van der Waals surface area contributed by atoms with Gasteiger partial charge in [-0.3, -0.25) is 9.59 Å². The van der Waals surface area contributed by atoms with Gasteiger partial charge in [-0.15, -0.1) is 0 Å². The molecule has 0 aliphatic heterocycles. The molecular weight excluding hydrogens is 336 g/mol. The smallest absolute Gasteiger partial charge is 0.242 e. The monoisotopic (exact) mass is 360 g/mol. The van der Waals surface area contributed by atoms with Gasteiger partial charge in [0.05, 0.1) is 13.0 Å². The summed E-state index contributed by atoms with van der Waals surface area (Å²) in [4.78, 5) is 26.6. The lowest BCUT2D eigenvalue weighted by Crippen LogP contribution is -2.40. The Hall–Kier alpha value is -3.14. The number of benzene rings is 3. The fourth-order valence-corrected chi connectivity index (χ4v) is 3.15. The highest BCUT2D eigenvalue weighted by molar-refractivity contribution is 5.91. The molecule has 0 atom stereocenters. The second-order valence-electron chi connectivity index (χ2n) is 6.49. The van der Waals surface area contributed by atoms with E-state index < -0.39 is 0 Å². The van der Waals surface area contributed by atoms with Gasteiger partial charge < -0.3 is 10.2 Å². The number of carbonyl (C=O) groups excluding carboxylic acids is 2. The fraction of sp³-hybridized carbons (Fsp3) is 0.217. The summed E-state index contributed by atoms with van der Waals surface area (Å²) in [6.07, 6.45) is 0.263. The molecule has 4 heteroatoms. The Morgan fingerprint density at radius 1 is 0.889 bits per heavy atom. The van der Waals surface area contributed by atoms with Crippen LogP contribution in [0.3, 0.4) is 0 Å². The molecule has 3 aromatic rings. The molecule has 0 radical (unpaired) electrons. The summed E-state index contributed by atoms with van der Waals surface area (Å²) < 4.78 is 0. The molecule has 0 heterocycles. The molecule has 0 spiro atoms. The first-order valence-corrected chi connectivity index (χ1v) is 9.22. The van der Waals surface area contributed by atoms with Gasteiger partial charge in [0.1, 0.15) is 0 Å². The Balaban J connectivity index is 1.57. The molecular formula is C23H24N2O2. The van der Waals surface area contributed by atoms with Crippen molar-refractivity contribution in [2.75, 3.05) is 13.1 Å². The molecule has 138 valence electrons. The second-order valence-corrected chi connectivity index (χ2v) is 6.49. The summed E-state index contributed by atoms with van der Waals surface area (Å²) in [5.74, 6) is -0.219. The summed E-state index contributed by atoms with van der Waals surface area (Å²) in [6.45, 7) is 3.12. The highest BCUT2D eigenvalue weighted by atomic mass is 16.2. The zero-order valence-corrected chi connectivity index (χ0v) is 15.5. The van der Waals surface area contributed by atoms with Crippen LogP contribution in [0.25, 0.3) is 10.8 Å². The average Bonchev–Trinajstić information content (AvgIpc) is 2.71. The molecule has 1 N–H and O–H groups in total. The van der Waals surface area contributed by atoms with Gasteiger partial charge in [-0.1, -0.05) is 72.8 Å². The summed E-state index contributed by atoms with van der Waals surface area (Å²) in [7, 11) is 0. The van der Waals surface area contributed by atoms with Crippen molar-refractivity contribution < 1.29 is 9.59 Å². The first-order chi connectivity index (χ1) is 13.2. The third-order valence-electron chi connectivity index (χ3n) is 4.62. The van der Waals surface area contributed by atoms with Crippen molar-refractivity contribution in [1.29, 1.82) is 0 Å².